The minimum atomic E-state index is -3.73. The maximum atomic E-state index is 12.5. The van der Waals surface area contributed by atoms with Crippen LogP contribution in [0.15, 0.2) is 23.1 Å². The van der Waals surface area contributed by atoms with Crippen LogP contribution < -0.4 is 0 Å². The van der Waals surface area contributed by atoms with Crippen molar-refractivity contribution in [3.05, 3.63) is 29.3 Å². The monoisotopic (exact) mass is 313 g/mol. The third-order valence-corrected chi connectivity index (χ3v) is 5.77. The van der Waals surface area contributed by atoms with Crippen LogP contribution in [0.25, 0.3) is 0 Å². The lowest BCUT2D eigenvalue weighted by Crippen LogP contribution is -2.45. The minimum Gasteiger partial charge on any atom is -0.478 e. The Balaban J connectivity index is 2.33. The molecule has 0 amide bonds. The van der Waals surface area contributed by atoms with Gasteiger partial charge in [-0.2, -0.15) is 4.31 Å². The van der Waals surface area contributed by atoms with E-state index in [1.807, 2.05) is 0 Å². The molecule has 0 bridgehead atoms. The summed E-state index contributed by atoms with van der Waals surface area (Å²) >= 11 is 0. The molecule has 2 rings (SSSR count). The van der Waals surface area contributed by atoms with Crippen molar-refractivity contribution in [1.82, 2.24) is 4.31 Å². The average Bonchev–Trinajstić information content (AvgIpc) is 2.38. The zero-order valence-electron chi connectivity index (χ0n) is 12.0. The van der Waals surface area contributed by atoms with Crippen molar-refractivity contribution in [2.45, 2.75) is 37.2 Å². The summed E-state index contributed by atoms with van der Waals surface area (Å²) in [5.74, 6) is -1.15. The summed E-state index contributed by atoms with van der Waals surface area (Å²) in [5, 5.41) is 19.0. The van der Waals surface area contributed by atoms with Gasteiger partial charge in [-0.3, -0.25) is 0 Å². The molecule has 1 aliphatic heterocycles. The third-order valence-electron chi connectivity index (χ3n) is 3.88. The van der Waals surface area contributed by atoms with E-state index in [0.717, 1.165) is 0 Å². The fraction of sp³-hybridized carbons (Fsp3) is 0.500. The fourth-order valence-corrected chi connectivity index (χ4v) is 3.82. The topological polar surface area (TPSA) is 94.9 Å². The summed E-state index contributed by atoms with van der Waals surface area (Å²) < 4.78 is 26.4. The van der Waals surface area contributed by atoms with Crippen molar-refractivity contribution in [3.8, 4) is 0 Å². The molecule has 1 aromatic carbocycles. The summed E-state index contributed by atoms with van der Waals surface area (Å²) in [7, 11) is -3.73. The van der Waals surface area contributed by atoms with Gasteiger partial charge >= 0.3 is 5.97 Å². The highest BCUT2D eigenvalue weighted by Gasteiger charge is 2.34. The number of hydrogen-bond donors (Lipinski definition) is 2. The molecule has 0 unspecified atom stereocenters. The normalized spacial score (nSPS) is 19.4. The summed E-state index contributed by atoms with van der Waals surface area (Å²) in [5.41, 5.74) is -0.339. The molecule has 0 aromatic heterocycles. The highest BCUT2D eigenvalue weighted by Crippen LogP contribution is 2.27. The molecule has 1 saturated heterocycles. The number of aromatic carboxylic acids is 1. The number of carbonyl (C=O) groups is 1. The van der Waals surface area contributed by atoms with Gasteiger partial charge in [0.1, 0.15) is 0 Å². The number of aryl methyl sites for hydroxylation is 1. The minimum absolute atomic E-state index is 0.0138. The van der Waals surface area contributed by atoms with Crippen molar-refractivity contribution in [1.29, 1.82) is 0 Å². The molecule has 1 aliphatic rings. The van der Waals surface area contributed by atoms with Crippen LogP contribution in [-0.2, 0) is 10.0 Å². The first kappa shape index (κ1) is 15.9. The second kappa shape index (κ2) is 5.40. The maximum absolute atomic E-state index is 12.5. The van der Waals surface area contributed by atoms with Crippen molar-refractivity contribution < 1.29 is 23.4 Å². The van der Waals surface area contributed by atoms with E-state index >= 15 is 0 Å². The van der Waals surface area contributed by atoms with E-state index in [0.29, 0.717) is 18.4 Å². The second-order valence-corrected chi connectivity index (χ2v) is 7.62. The molecule has 0 spiro atoms. The third kappa shape index (κ3) is 3.25. The molecule has 1 heterocycles. The standard InChI is InChI=1S/C14H19NO5S/c1-10-3-4-11(9-12(10)13(16)17)21(19,20)15-7-5-14(2,18)6-8-15/h3-4,9,18H,5-8H2,1-2H3,(H,16,17). The van der Waals surface area contributed by atoms with Crippen molar-refractivity contribution >= 4 is 16.0 Å². The second-order valence-electron chi connectivity index (χ2n) is 5.68. The van der Waals surface area contributed by atoms with E-state index in [9.17, 15) is 18.3 Å². The zero-order chi connectivity index (χ0) is 15.8. The molecule has 1 fully saturated rings. The van der Waals surface area contributed by atoms with E-state index in [1.165, 1.54) is 22.5 Å². The number of aliphatic hydroxyl groups is 1. The van der Waals surface area contributed by atoms with Gasteiger partial charge in [0.25, 0.3) is 0 Å². The zero-order valence-corrected chi connectivity index (χ0v) is 12.9. The van der Waals surface area contributed by atoms with E-state index in [1.54, 1.807) is 13.8 Å². The molecular weight excluding hydrogens is 294 g/mol. The number of carboxylic acid groups (broad SMARTS) is 1. The Kier molecular flexibility index (Phi) is 4.10. The number of sulfonamides is 1. The van der Waals surface area contributed by atoms with Crippen molar-refractivity contribution in [3.63, 3.8) is 0 Å². The summed E-state index contributed by atoms with van der Waals surface area (Å²) in [6.07, 6.45) is 0.730. The molecule has 7 heteroatoms. The Hall–Kier alpha value is -1.44. The maximum Gasteiger partial charge on any atom is 0.335 e. The SMILES string of the molecule is Cc1ccc(S(=O)(=O)N2CCC(C)(O)CC2)cc1C(=O)O. The number of nitrogens with zero attached hydrogens (tertiary/aromatic N) is 1. The van der Waals surface area contributed by atoms with Crippen molar-refractivity contribution in [2.24, 2.45) is 0 Å². The largest absolute Gasteiger partial charge is 0.478 e. The first-order valence-corrected chi connectivity index (χ1v) is 8.14. The molecule has 116 valence electrons. The Morgan fingerprint density at radius 3 is 2.38 bits per heavy atom. The predicted octanol–water partition coefficient (Wildman–Crippen LogP) is 1.23. The molecule has 0 atom stereocenters. The smallest absolute Gasteiger partial charge is 0.335 e. The molecule has 0 aliphatic carbocycles. The van der Waals surface area contributed by atoms with E-state index < -0.39 is 21.6 Å². The number of piperidine rings is 1. The summed E-state index contributed by atoms with van der Waals surface area (Å²) in [6.45, 7) is 3.76. The lowest BCUT2D eigenvalue weighted by atomic mass is 9.95. The van der Waals surface area contributed by atoms with Gasteiger partial charge in [-0.25, -0.2) is 13.2 Å². The highest BCUT2D eigenvalue weighted by molar-refractivity contribution is 7.89. The first-order chi connectivity index (χ1) is 9.63. The van der Waals surface area contributed by atoms with Crippen LogP contribution in [0.2, 0.25) is 0 Å². The Labute approximate surface area is 124 Å². The lowest BCUT2D eigenvalue weighted by molar-refractivity contribution is 0.0126. The Morgan fingerprint density at radius 2 is 1.86 bits per heavy atom. The van der Waals surface area contributed by atoms with Gasteiger partial charge in [-0.05, 0) is 44.4 Å². The van der Waals surface area contributed by atoms with Gasteiger partial charge in [-0.1, -0.05) is 6.07 Å². The Morgan fingerprint density at radius 1 is 1.29 bits per heavy atom. The number of rotatable bonds is 3. The number of benzene rings is 1. The van der Waals surface area contributed by atoms with Crippen LogP contribution in [0.5, 0.6) is 0 Å². The van der Waals surface area contributed by atoms with Crippen molar-refractivity contribution in [2.75, 3.05) is 13.1 Å². The molecular formula is C14H19NO5S. The van der Waals surface area contributed by atoms with Crippen LogP contribution in [-0.4, -0.2) is 47.6 Å². The summed E-state index contributed by atoms with van der Waals surface area (Å²) in [4.78, 5) is 11.1. The van der Waals surface area contributed by atoms with Crippen LogP contribution >= 0.6 is 0 Å². The van der Waals surface area contributed by atoms with Gasteiger partial charge in [0.2, 0.25) is 10.0 Å². The Bertz CT molecular complexity index is 656. The average molecular weight is 313 g/mol. The van der Waals surface area contributed by atoms with Gasteiger partial charge in [0.05, 0.1) is 16.1 Å². The van der Waals surface area contributed by atoms with E-state index in [4.69, 9.17) is 5.11 Å². The van der Waals surface area contributed by atoms with Gasteiger partial charge in [0, 0.05) is 13.1 Å². The predicted molar refractivity (Wildman–Crippen MR) is 76.8 cm³/mol. The molecule has 0 radical (unpaired) electrons. The molecule has 6 nitrogen and oxygen atoms in total. The van der Waals surface area contributed by atoms with Crippen LogP contribution in [0.3, 0.4) is 0 Å². The first-order valence-electron chi connectivity index (χ1n) is 6.70. The molecule has 0 saturated carbocycles. The number of carboxylic acids is 1. The molecule has 21 heavy (non-hydrogen) atoms. The number of hydrogen-bond acceptors (Lipinski definition) is 4. The van der Waals surface area contributed by atoms with Crippen LogP contribution in [0.1, 0.15) is 35.7 Å². The van der Waals surface area contributed by atoms with Crippen LogP contribution in [0.4, 0.5) is 0 Å². The molecule has 1 aromatic rings. The van der Waals surface area contributed by atoms with E-state index in [-0.39, 0.29) is 23.5 Å². The van der Waals surface area contributed by atoms with Gasteiger partial charge in [0.15, 0.2) is 0 Å². The van der Waals surface area contributed by atoms with E-state index in [2.05, 4.69) is 0 Å². The lowest BCUT2D eigenvalue weighted by Gasteiger charge is -2.35. The fourth-order valence-electron chi connectivity index (χ4n) is 2.35. The van der Waals surface area contributed by atoms with Gasteiger partial charge < -0.3 is 10.2 Å². The van der Waals surface area contributed by atoms with Crippen LogP contribution in [0, 0.1) is 6.92 Å². The highest BCUT2D eigenvalue weighted by atomic mass is 32.2. The quantitative estimate of drug-likeness (QED) is 0.875. The molecule has 2 N–H and O–H groups in total. The summed E-state index contributed by atoms with van der Waals surface area (Å²) in [6, 6.07) is 4.11. The van der Waals surface area contributed by atoms with Gasteiger partial charge in [-0.15, -0.1) is 0 Å².